The first-order valence-corrected chi connectivity index (χ1v) is 12.2. The Balaban J connectivity index is 1.52. The Bertz CT molecular complexity index is 1020. The molecule has 5 N–H and O–H groups in total. The standard InChI is InChI=1S/C25H31ClN6O3/c1-16-4-2-6-20(14-16)29-24(34)31-12-13-32(25(35)30-21-7-3-5-17(26)15-21)23(31)22(33)28-19-10-8-18(27)9-11-19/h2-7,14-15,18-19,23H,8-13,27H2,1H3,(H,28,33)(H,29,34)(H,30,35). The number of amides is 5. The van der Waals surface area contributed by atoms with Gasteiger partial charge in [-0.25, -0.2) is 9.59 Å². The third kappa shape index (κ3) is 6.23. The number of anilines is 2. The number of hydrogen-bond donors (Lipinski definition) is 4. The molecule has 0 bridgehead atoms. The van der Waals surface area contributed by atoms with Gasteiger partial charge in [0.25, 0.3) is 5.91 Å². The molecule has 0 radical (unpaired) electrons. The zero-order chi connectivity index (χ0) is 24.9. The molecule has 35 heavy (non-hydrogen) atoms. The van der Waals surface area contributed by atoms with Gasteiger partial charge in [-0.1, -0.05) is 29.8 Å². The van der Waals surface area contributed by atoms with E-state index in [1.807, 2.05) is 25.1 Å². The number of nitrogens with zero attached hydrogens (tertiary/aromatic N) is 2. The molecule has 9 nitrogen and oxygen atoms in total. The van der Waals surface area contributed by atoms with E-state index in [0.29, 0.717) is 16.4 Å². The lowest BCUT2D eigenvalue weighted by molar-refractivity contribution is -0.128. The average molecular weight is 499 g/mol. The number of aryl methyl sites for hydroxylation is 1. The summed E-state index contributed by atoms with van der Waals surface area (Å²) < 4.78 is 0. The number of nitrogens with one attached hydrogen (secondary N) is 3. The Hall–Kier alpha value is -3.30. The molecule has 2 fully saturated rings. The number of nitrogens with two attached hydrogens (primary N) is 1. The molecule has 1 saturated carbocycles. The predicted octanol–water partition coefficient (Wildman–Crippen LogP) is 3.74. The SMILES string of the molecule is Cc1cccc(NC(=O)N2CCN(C(=O)Nc3cccc(Cl)c3)C2C(=O)NC2CCC(N)CC2)c1. The number of carbonyl (C=O) groups is 3. The fourth-order valence-corrected chi connectivity index (χ4v) is 4.75. The van der Waals surface area contributed by atoms with Crippen LogP contribution in [0.1, 0.15) is 31.2 Å². The highest BCUT2D eigenvalue weighted by Gasteiger charge is 2.43. The van der Waals surface area contributed by atoms with Gasteiger partial charge in [-0.2, -0.15) is 0 Å². The second-order valence-electron chi connectivity index (χ2n) is 9.12. The van der Waals surface area contributed by atoms with E-state index in [1.54, 1.807) is 30.3 Å². The van der Waals surface area contributed by atoms with E-state index in [0.717, 1.165) is 31.2 Å². The summed E-state index contributed by atoms with van der Waals surface area (Å²) in [4.78, 5) is 42.6. The molecule has 186 valence electrons. The van der Waals surface area contributed by atoms with Crippen molar-refractivity contribution >= 4 is 40.9 Å². The molecule has 0 aromatic heterocycles. The van der Waals surface area contributed by atoms with Crippen LogP contribution < -0.4 is 21.7 Å². The molecule has 1 aliphatic heterocycles. The quantitative estimate of drug-likeness (QED) is 0.513. The number of rotatable bonds is 4. The third-order valence-corrected chi connectivity index (χ3v) is 6.63. The molecule has 1 aliphatic carbocycles. The van der Waals surface area contributed by atoms with Crippen LogP contribution in [0.4, 0.5) is 21.0 Å². The summed E-state index contributed by atoms with van der Waals surface area (Å²) in [5, 5.41) is 9.15. The number of halogens is 1. The maximum atomic E-state index is 13.4. The van der Waals surface area contributed by atoms with E-state index in [-0.39, 0.29) is 31.1 Å². The molecule has 1 atom stereocenters. The summed E-state index contributed by atoms with van der Waals surface area (Å²) in [6, 6.07) is 13.3. The molecule has 1 saturated heterocycles. The molecule has 5 amide bonds. The van der Waals surface area contributed by atoms with Crippen LogP contribution in [-0.2, 0) is 4.79 Å². The van der Waals surface area contributed by atoms with E-state index >= 15 is 0 Å². The van der Waals surface area contributed by atoms with Crippen LogP contribution >= 0.6 is 11.6 Å². The van der Waals surface area contributed by atoms with Gasteiger partial charge in [-0.3, -0.25) is 14.6 Å². The fourth-order valence-electron chi connectivity index (χ4n) is 4.56. The van der Waals surface area contributed by atoms with Crippen LogP contribution in [0.25, 0.3) is 0 Å². The summed E-state index contributed by atoms with van der Waals surface area (Å²) in [7, 11) is 0. The molecule has 2 aromatic carbocycles. The van der Waals surface area contributed by atoms with Crippen LogP contribution in [-0.4, -0.2) is 59.1 Å². The van der Waals surface area contributed by atoms with Crippen LogP contribution in [0, 0.1) is 6.92 Å². The normalized spacial score (nSPS) is 22.0. The lowest BCUT2D eigenvalue weighted by atomic mass is 9.92. The van der Waals surface area contributed by atoms with Crippen molar-refractivity contribution in [2.75, 3.05) is 23.7 Å². The largest absolute Gasteiger partial charge is 0.350 e. The lowest BCUT2D eigenvalue weighted by Gasteiger charge is -2.32. The number of benzene rings is 2. The van der Waals surface area contributed by atoms with E-state index in [4.69, 9.17) is 17.3 Å². The summed E-state index contributed by atoms with van der Waals surface area (Å²) in [5.74, 6) is -0.386. The summed E-state index contributed by atoms with van der Waals surface area (Å²) in [5.41, 5.74) is 8.12. The van der Waals surface area contributed by atoms with Crippen LogP contribution in [0.5, 0.6) is 0 Å². The maximum absolute atomic E-state index is 13.4. The highest BCUT2D eigenvalue weighted by atomic mass is 35.5. The Morgan fingerprint density at radius 3 is 2.03 bits per heavy atom. The van der Waals surface area contributed by atoms with Gasteiger partial charge >= 0.3 is 12.1 Å². The van der Waals surface area contributed by atoms with Crippen LogP contribution in [0.2, 0.25) is 5.02 Å². The van der Waals surface area contributed by atoms with Gasteiger partial charge in [0, 0.05) is 41.6 Å². The van der Waals surface area contributed by atoms with Crippen molar-refractivity contribution in [2.24, 2.45) is 5.73 Å². The first-order chi connectivity index (χ1) is 16.8. The molecule has 1 heterocycles. The fraction of sp³-hybridized carbons (Fsp3) is 0.400. The molecular weight excluding hydrogens is 468 g/mol. The maximum Gasteiger partial charge on any atom is 0.323 e. The zero-order valence-corrected chi connectivity index (χ0v) is 20.4. The number of carbonyl (C=O) groups excluding carboxylic acids is 3. The van der Waals surface area contributed by atoms with Gasteiger partial charge in [-0.05, 0) is 68.5 Å². The topological polar surface area (TPSA) is 120 Å². The van der Waals surface area contributed by atoms with Gasteiger partial charge < -0.3 is 21.7 Å². The zero-order valence-electron chi connectivity index (χ0n) is 19.7. The molecular formula is C25H31ClN6O3. The minimum absolute atomic E-state index is 0.0394. The van der Waals surface area contributed by atoms with Gasteiger partial charge in [0.15, 0.2) is 6.17 Å². The van der Waals surface area contributed by atoms with E-state index in [2.05, 4.69) is 16.0 Å². The van der Waals surface area contributed by atoms with Crippen molar-refractivity contribution in [3.8, 4) is 0 Å². The molecule has 2 aliphatic rings. The van der Waals surface area contributed by atoms with Gasteiger partial charge in [0.05, 0.1) is 0 Å². The monoisotopic (exact) mass is 498 g/mol. The Morgan fingerprint density at radius 2 is 1.46 bits per heavy atom. The second-order valence-corrected chi connectivity index (χ2v) is 9.56. The molecule has 4 rings (SSSR count). The van der Waals surface area contributed by atoms with Crippen LogP contribution in [0.3, 0.4) is 0 Å². The number of urea groups is 2. The smallest absolute Gasteiger partial charge is 0.323 e. The summed E-state index contributed by atoms with van der Waals surface area (Å²) in [6.07, 6.45) is 2.10. The second kappa shape index (κ2) is 11.0. The van der Waals surface area contributed by atoms with Crippen molar-refractivity contribution in [1.29, 1.82) is 0 Å². The highest BCUT2D eigenvalue weighted by molar-refractivity contribution is 6.30. The minimum Gasteiger partial charge on any atom is -0.350 e. The molecule has 0 spiro atoms. The summed E-state index contributed by atoms with van der Waals surface area (Å²) in [6.45, 7) is 2.36. The van der Waals surface area contributed by atoms with Crippen LogP contribution in [0.15, 0.2) is 48.5 Å². The van der Waals surface area contributed by atoms with Gasteiger partial charge in [-0.15, -0.1) is 0 Å². The van der Waals surface area contributed by atoms with Crippen molar-refractivity contribution < 1.29 is 14.4 Å². The molecule has 1 unspecified atom stereocenters. The lowest BCUT2D eigenvalue weighted by Crippen LogP contribution is -2.57. The first-order valence-electron chi connectivity index (χ1n) is 11.8. The van der Waals surface area contributed by atoms with Gasteiger partial charge in [0.2, 0.25) is 0 Å². The Kier molecular flexibility index (Phi) is 7.77. The molecule has 2 aromatic rings. The Labute approximate surface area is 210 Å². The van der Waals surface area contributed by atoms with Crippen molar-refractivity contribution in [2.45, 2.75) is 50.9 Å². The van der Waals surface area contributed by atoms with Gasteiger partial charge in [0.1, 0.15) is 0 Å². The highest BCUT2D eigenvalue weighted by Crippen LogP contribution is 2.23. The van der Waals surface area contributed by atoms with Crippen molar-refractivity contribution in [3.05, 3.63) is 59.1 Å². The summed E-state index contributed by atoms with van der Waals surface area (Å²) >= 11 is 6.04. The van der Waals surface area contributed by atoms with E-state index in [1.165, 1.54) is 9.80 Å². The van der Waals surface area contributed by atoms with E-state index in [9.17, 15) is 14.4 Å². The third-order valence-electron chi connectivity index (χ3n) is 6.39. The average Bonchev–Trinajstić information content (AvgIpc) is 3.26. The minimum atomic E-state index is -1.09. The van der Waals surface area contributed by atoms with Crippen molar-refractivity contribution in [3.63, 3.8) is 0 Å². The number of hydrogen-bond acceptors (Lipinski definition) is 4. The first kappa shape index (κ1) is 24.8. The Morgan fingerprint density at radius 1 is 0.886 bits per heavy atom. The van der Waals surface area contributed by atoms with E-state index < -0.39 is 18.2 Å². The molecule has 10 heteroatoms. The predicted molar refractivity (Wildman–Crippen MR) is 136 cm³/mol. The van der Waals surface area contributed by atoms with Crippen molar-refractivity contribution in [1.82, 2.24) is 15.1 Å².